The Hall–Kier alpha value is -1.44. The van der Waals surface area contributed by atoms with Crippen molar-refractivity contribution in [2.24, 2.45) is 0 Å². The first kappa shape index (κ1) is 15.0. The van der Waals surface area contributed by atoms with Gasteiger partial charge in [0, 0.05) is 16.5 Å². The molecule has 0 aliphatic heterocycles. The summed E-state index contributed by atoms with van der Waals surface area (Å²) in [5.74, 6) is 1.33. The molecule has 0 radical (unpaired) electrons. The number of hydrogen-bond acceptors (Lipinski definition) is 1. The molecule has 20 heavy (non-hydrogen) atoms. The Balaban J connectivity index is 2.49. The summed E-state index contributed by atoms with van der Waals surface area (Å²) in [4.78, 5) is 0. The molecule has 0 aromatic heterocycles. The molecular formula is C17H16Cl2O. The van der Waals surface area contributed by atoms with E-state index in [4.69, 9.17) is 27.9 Å². The summed E-state index contributed by atoms with van der Waals surface area (Å²) in [6, 6.07) is 18.0. The lowest BCUT2D eigenvalue weighted by Crippen LogP contribution is -1.93. The van der Waals surface area contributed by atoms with Crippen molar-refractivity contribution in [3.63, 3.8) is 0 Å². The first-order valence-electron chi connectivity index (χ1n) is 6.40. The lowest BCUT2D eigenvalue weighted by Gasteiger charge is -2.12. The monoisotopic (exact) mass is 306 g/mol. The van der Waals surface area contributed by atoms with Crippen molar-refractivity contribution in [2.45, 2.75) is 6.42 Å². The Kier molecular flexibility index (Phi) is 5.51. The molecule has 2 aromatic carbocycles. The van der Waals surface area contributed by atoms with Crippen LogP contribution in [-0.2, 0) is 0 Å². The normalized spacial score (nSPS) is 11.9. The largest absolute Gasteiger partial charge is 0.497 e. The van der Waals surface area contributed by atoms with Gasteiger partial charge in [-0.25, -0.2) is 0 Å². The fourth-order valence-electron chi connectivity index (χ4n) is 2.05. The first-order chi connectivity index (χ1) is 9.76. The van der Waals surface area contributed by atoms with E-state index in [1.807, 2.05) is 42.5 Å². The maximum absolute atomic E-state index is 6.45. The minimum atomic E-state index is 0.505. The molecule has 104 valence electrons. The Bertz CT molecular complexity index is 574. The maximum Gasteiger partial charge on any atom is 0.118 e. The van der Waals surface area contributed by atoms with Crippen LogP contribution in [0, 0.1) is 0 Å². The van der Waals surface area contributed by atoms with Gasteiger partial charge < -0.3 is 4.74 Å². The maximum atomic E-state index is 6.45. The number of methoxy groups -OCH3 is 1. The molecule has 0 heterocycles. The van der Waals surface area contributed by atoms with Crippen LogP contribution in [0.1, 0.15) is 17.5 Å². The molecule has 0 fully saturated rings. The molecule has 0 saturated heterocycles. The molecule has 0 aliphatic carbocycles. The number of ether oxygens (including phenoxy) is 1. The second-order valence-corrected chi connectivity index (χ2v) is 5.15. The average molecular weight is 307 g/mol. The third kappa shape index (κ3) is 3.56. The fourth-order valence-corrected chi connectivity index (χ4v) is 2.65. The molecule has 0 bridgehead atoms. The minimum Gasteiger partial charge on any atom is -0.497 e. The van der Waals surface area contributed by atoms with Gasteiger partial charge in [0.05, 0.1) is 7.11 Å². The number of alkyl halides is 1. The van der Waals surface area contributed by atoms with Crippen molar-refractivity contribution in [2.75, 3.05) is 13.0 Å². The molecule has 0 unspecified atom stereocenters. The lowest BCUT2D eigenvalue weighted by molar-refractivity contribution is 0.415. The third-order valence-electron chi connectivity index (χ3n) is 3.03. The second-order valence-electron chi connectivity index (χ2n) is 4.31. The van der Waals surface area contributed by atoms with Crippen LogP contribution in [0.3, 0.4) is 0 Å². The van der Waals surface area contributed by atoms with E-state index in [9.17, 15) is 0 Å². The lowest BCUT2D eigenvalue weighted by atomic mass is 9.97. The number of rotatable bonds is 5. The van der Waals surface area contributed by atoms with E-state index in [-0.39, 0.29) is 0 Å². The number of benzene rings is 2. The number of halogens is 2. The first-order valence-corrected chi connectivity index (χ1v) is 7.32. The predicted octanol–water partition coefficient (Wildman–Crippen LogP) is 5.32. The quantitative estimate of drug-likeness (QED) is 0.679. The van der Waals surface area contributed by atoms with Gasteiger partial charge in [-0.3, -0.25) is 0 Å². The Morgan fingerprint density at radius 2 is 1.55 bits per heavy atom. The molecule has 0 amide bonds. The topological polar surface area (TPSA) is 9.23 Å². The summed E-state index contributed by atoms with van der Waals surface area (Å²) in [5, 5.41) is 0.774. The SMILES string of the molecule is COc1ccc(/C(=C(/Cl)CCCl)c2ccccc2)cc1. The highest BCUT2D eigenvalue weighted by molar-refractivity contribution is 6.34. The van der Waals surface area contributed by atoms with Gasteiger partial charge in [-0.05, 0) is 29.7 Å². The van der Waals surface area contributed by atoms with E-state index in [0.29, 0.717) is 12.3 Å². The van der Waals surface area contributed by atoms with Crippen LogP contribution in [0.25, 0.3) is 5.57 Å². The number of hydrogen-bond donors (Lipinski definition) is 0. The summed E-state index contributed by atoms with van der Waals surface area (Å²) in [5.41, 5.74) is 3.18. The van der Waals surface area contributed by atoms with Crippen molar-refractivity contribution < 1.29 is 4.74 Å². The molecule has 0 aliphatic rings. The zero-order valence-electron chi connectivity index (χ0n) is 11.3. The molecule has 2 aromatic rings. The molecule has 0 spiro atoms. The van der Waals surface area contributed by atoms with Crippen molar-refractivity contribution in [3.05, 3.63) is 70.8 Å². The zero-order chi connectivity index (χ0) is 14.4. The van der Waals surface area contributed by atoms with Crippen molar-refractivity contribution in [1.82, 2.24) is 0 Å². The Morgan fingerprint density at radius 3 is 2.10 bits per heavy atom. The molecule has 0 saturated carbocycles. The van der Waals surface area contributed by atoms with Crippen LogP contribution in [-0.4, -0.2) is 13.0 Å². The average Bonchev–Trinajstić information content (AvgIpc) is 2.50. The van der Waals surface area contributed by atoms with Gasteiger partial charge in [-0.1, -0.05) is 54.1 Å². The van der Waals surface area contributed by atoms with E-state index < -0.39 is 0 Å². The molecule has 0 N–H and O–H groups in total. The van der Waals surface area contributed by atoms with E-state index >= 15 is 0 Å². The van der Waals surface area contributed by atoms with Crippen LogP contribution in [0.15, 0.2) is 59.6 Å². The molecule has 3 heteroatoms. The van der Waals surface area contributed by atoms with Gasteiger partial charge >= 0.3 is 0 Å². The summed E-state index contributed by atoms with van der Waals surface area (Å²) >= 11 is 12.3. The zero-order valence-corrected chi connectivity index (χ0v) is 12.8. The molecule has 1 nitrogen and oxygen atoms in total. The van der Waals surface area contributed by atoms with Crippen LogP contribution in [0.2, 0.25) is 0 Å². The summed E-state index contributed by atoms with van der Waals surface area (Å²) in [6.45, 7) is 0. The van der Waals surface area contributed by atoms with Gasteiger partial charge in [0.2, 0.25) is 0 Å². The van der Waals surface area contributed by atoms with Crippen LogP contribution in [0.4, 0.5) is 0 Å². The van der Waals surface area contributed by atoms with Crippen LogP contribution >= 0.6 is 23.2 Å². The molecule has 2 rings (SSSR count). The molecule has 0 atom stereocenters. The highest BCUT2D eigenvalue weighted by Gasteiger charge is 2.10. The van der Waals surface area contributed by atoms with Gasteiger partial charge in [0.15, 0.2) is 0 Å². The van der Waals surface area contributed by atoms with Crippen LogP contribution < -0.4 is 4.74 Å². The van der Waals surface area contributed by atoms with E-state index in [1.54, 1.807) is 7.11 Å². The van der Waals surface area contributed by atoms with E-state index in [1.165, 1.54) is 0 Å². The highest BCUT2D eigenvalue weighted by atomic mass is 35.5. The summed E-state index contributed by atoms with van der Waals surface area (Å²) < 4.78 is 5.19. The van der Waals surface area contributed by atoms with E-state index in [0.717, 1.165) is 27.5 Å². The molecular weight excluding hydrogens is 291 g/mol. The van der Waals surface area contributed by atoms with Gasteiger partial charge in [-0.15, -0.1) is 11.6 Å². The van der Waals surface area contributed by atoms with Crippen LogP contribution in [0.5, 0.6) is 5.75 Å². The Morgan fingerprint density at radius 1 is 0.950 bits per heavy atom. The van der Waals surface area contributed by atoms with Gasteiger partial charge in [-0.2, -0.15) is 0 Å². The fraction of sp³-hybridized carbons (Fsp3) is 0.176. The predicted molar refractivity (Wildman–Crippen MR) is 86.6 cm³/mol. The van der Waals surface area contributed by atoms with Gasteiger partial charge in [0.25, 0.3) is 0 Å². The van der Waals surface area contributed by atoms with Crippen molar-refractivity contribution in [3.8, 4) is 5.75 Å². The third-order valence-corrected chi connectivity index (χ3v) is 3.59. The minimum absolute atomic E-state index is 0.505. The van der Waals surface area contributed by atoms with E-state index in [2.05, 4.69) is 12.1 Å². The summed E-state index contributed by atoms with van der Waals surface area (Å²) in [6.07, 6.45) is 0.652. The summed E-state index contributed by atoms with van der Waals surface area (Å²) in [7, 11) is 1.66. The second kappa shape index (κ2) is 7.37. The smallest absolute Gasteiger partial charge is 0.118 e. The highest BCUT2D eigenvalue weighted by Crippen LogP contribution is 2.31. The standard InChI is InChI=1S/C17H16Cl2O/c1-20-15-9-7-14(8-10-15)17(16(19)11-12-18)13-5-3-2-4-6-13/h2-10H,11-12H2,1H3/b17-16+. The number of allylic oxidation sites excluding steroid dienone is 1. The van der Waals surface area contributed by atoms with Gasteiger partial charge in [0.1, 0.15) is 5.75 Å². The Labute approximate surface area is 129 Å². The van der Waals surface area contributed by atoms with Crippen molar-refractivity contribution in [1.29, 1.82) is 0 Å². The van der Waals surface area contributed by atoms with Crippen molar-refractivity contribution >= 4 is 28.8 Å².